The van der Waals surface area contributed by atoms with Crippen molar-refractivity contribution >= 4 is 11.8 Å². The largest absolute Gasteiger partial charge is 0.350 e. The molecule has 1 N–H and O–H groups in total. The number of likely N-dealkylation sites (tertiary alicyclic amines) is 1. The van der Waals surface area contributed by atoms with Crippen LogP contribution >= 0.6 is 0 Å². The molecule has 0 unspecified atom stereocenters. The van der Waals surface area contributed by atoms with E-state index in [0.29, 0.717) is 18.2 Å². The van der Waals surface area contributed by atoms with Crippen molar-refractivity contribution in [2.75, 3.05) is 19.6 Å². The second-order valence-corrected chi connectivity index (χ2v) is 7.96. The number of rotatable bonds is 4. The fraction of sp³-hybridized carbons (Fsp3) is 0.765. The molecule has 0 saturated carbocycles. The summed E-state index contributed by atoms with van der Waals surface area (Å²) >= 11 is 0. The zero-order valence-corrected chi connectivity index (χ0v) is 15.4. The molecule has 1 fully saturated rings. The van der Waals surface area contributed by atoms with Crippen LogP contribution in [-0.4, -0.2) is 51.3 Å². The molecular formula is C17H29N5O2. The van der Waals surface area contributed by atoms with E-state index in [-0.39, 0.29) is 23.3 Å². The van der Waals surface area contributed by atoms with Crippen LogP contribution < -0.4 is 5.32 Å². The number of nitrogens with one attached hydrogen (secondary N) is 1. The molecule has 7 nitrogen and oxygen atoms in total. The molecule has 2 heterocycles. The van der Waals surface area contributed by atoms with Gasteiger partial charge in [0.15, 0.2) is 5.69 Å². The number of carbonyl (C=O) groups excluding carboxylic acids is 2. The maximum Gasteiger partial charge on any atom is 0.273 e. The monoisotopic (exact) mass is 335 g/mol. The molecule has 0 radical (unpaired) electrons. The van der Waals surface area contributed by atoms with Crippen LogP contribution in [0.2, 0.25) is 0 Å². The highest BCUT2D eigenvalue weighted by atomic mass is 16.2. The first kappa shape index (κ1) is 18.4. The summed E-state index contributed by atoms with van der Waals surface area (Å²) in [6.07, 6.45) is 3.37. The molecule has 2 rings (SSSR count). The van der Waals surface area contributed by atoms with Gasteiger partial charge in [0.25, 0.3) is 5.91 Å². The first-order chi connectivity index (χ1) is 11.2. The molecule has 1 aromatic heterocycles. The average molecular weight is 335 g/mol. The lowest BCUT2D eigenvalue weighted by Gasteiger charge is -2.35. The van der Waals surface area contributed by atoms with Gasteiger partial charge in [-0.25, -0.2) is 4.68 Å². The number of nitrogens with zero attached hydrogens (tertiary/aromatic N) is 4. The van der Waals surface area contributed by atoms with Gasteiger partial charge in [0.1, 0.15) is 0 Å². The van der Waals surface area contributed by atoms with E-state index in [4.69, 9.17) is 0 Å². The molecule has 1 saturated heterocycles. The van der Waals surface area contributed by atoms with Gasteiger partial charge in [0.05, 0.1) is 12.2 Å². The summed E-state index contributed by atoms with van der Waals surface area (Å²) in [5, 5.41) is 10.9. The molecular weight excluding hydrogens is 306 g/mol. The predicted molar refractivity (Wildman–Crippen MR) is 91.5 cm³/mol. The molecule has 1 aliphatic rings. The number of aromatic nitrogens is 3. The topological polar surface area (TPSA) is 80.1 Å². The summed E-state index contributed by atoms with van der Waals surface area (Å²) in [6, 6.07) is 0.188. The predicted octanol–water partition coefficient (Wildman–Crippen LogP) is 1.87. The van der Waals surface area contributed by atoms with Gasteiger partial charge in [-0.3, -0.25) is 9.59 Å². The molecule has 0 aromatic carbocycles. The number of hydrogen-bond acceptors (Lipinski definition) is 4. The average Bonchev–Trinajstić information content (AvgIpc) is 3.01. The Morgan fingerprint density at radius 2 is 1.92 bits per heavy atom. The van der Waals surface area contributed by atoms with E-state index in [1.54, 1.807) is 10.9 Å². The van der Waals surface area contributed by atoms with Crippen molar-refractivity contribution in [2.45, 2.75) is 53.5 Å². The maximum absolute atomic E-state index is 12.3. The third-order valence-electron chi connectivity index (χ3n) is 4.18. The quantitative estimate of drug-likeness (QED) is 0.911. The zero-order valence-electron chi connectivity index (χ0n) is 15.4. The van der Waals surface area contributed by atoms with E-state index in [2.05, 4.69) is 15.6 Å². The summed E-state index contributed by atoms with van der Waals surface area (Å²) in [6.45, 7) is 12.0. The Hall–Kier alpha value is -1.92. The van der Waals surface area contributed by atoms with Crippen molar-refractivity contribution in [1.29, 1.82) is 0 Å². The number of hydrogen-bond donors (Lipinski definition) is 1. The minimum atomic E-state index is -0.345. The van der Waals surface area contributed by atoms with Crippen LogP contribution in [0.4, 0.5) is 0 Å². The molecule has 0 atom stereocenters. The van der Waals surface area contributed by atoms with Gasteiger partial charge in [0.2, 0.25) is 5.91 Å². The minimum Gasteiger partial charge on any atom is -0.350 e. The van der Waals surface area contributed by atoms with E-state index >= 15 is 0 Å². The van der Waals surface area contributed by atoms with Crippen LogP contribution in [0.25, 0.3) is 0 Å². The smallest absolute Gasteiger partial charge is 0.273 e. The molecule has 0 bridgehead atoms. The van der Waals surface area contributed by atoms with Gasteiger partial charge in [-0.05, 0) is 18.8 Å². The van der Waals surface area contributed by atoms with E-state index < -0.39 is 0 Å². The Kier molecular flexibility index (Phi) is 5.62. The molecule has 24 heavy (non-hydrogen) atoms. The Morgan fingerprint density at radius 3 is 2.46 bits per heavy atom. The van der Waals surface area contributed by atoms with E-state index in [9.17, 15) is 9.59 Å². The lowest BCUT2D eigenvalue weighted by molar-refractivity contribution is -0.140. The number of piperidine rings is 1. The lowest BCUT2D eigenvalue weighted by atomic mass is 9.93. The second kappa shape index (κ2) is 7.32. The van der Waals surface area contributed by atoms with Crippen molar-refractivity contribution in [3.8, 4) is 0 Å². The fourth-order valence-electron chi connectivity index (χ4n) is 2.75. The van der Waals surface area contributed by atoms with Crippen molar-refractivity contribution in [1.82, 2.24) is 25.2 Å². The number of amides is 2. The highest BCUT2D eigenvalue weighted by Crippen LogP contribution is 2.25. The van der Waals surface area contributed by atoms with Crippen LogP contribution in [0.1, 0.15) is 64.0 Å². The number of carbonyl (C=O) groups is 2. The summed E-state index contributed by atoms with van der Waals surface area (Å²) in [7, 11) is 0. The summed E-state index contributed by atoms with van der Waals surface area (Å²) in [5.41, 5.74) is 0.00531. The van der Waals surface area contributed by atoms with E-state index in [0.717, 1.165) is 25.9 Å². The minimum absolute atomic E-state index is 0.185. The van der Waals surface area contributed by atoms with Crippen LogP contribution in [-0.2, 0) is 4.79 Å². The summed E-state index contributed by atoms with van der Waals surface area (Å²) in [5.74, 6) is 0.400. The zero-order chi connectivity index (χ0) is 17.9. The van der Waals surface area contributed by atoms with E-state index in [1.165, 1.54) is 0 Å². The molecule has 2 amide bonds. The van der Waals surface area contributed by atoms with Crippen molar-refractivity contribution in [3.63, 3.8) is 0 Å². The molecule has 7 heteroatoms. The Balaban J connectivity index is 1.91. The highest BCUT2D eigenvalue weighted by Gasteiger charge is 2.31. The lowest BCUT2D eigenvalue weighted by Crippen LogP contribution is -2.44. The Labute approximate surface area is 143 Å². The van der Waals surface area contributed by atoms with Gasteiger partial charge < -0.3 is 10.2 Å². The van der Waals surface area contributed by atoms with Gasteiger partial charge in [-0.1, -0.05) is 39.8 Å². The molecule has 0 spiro atoms. The molecule has 1 aromatic rings. The van der Waals surface area contributed by atoms with Gasteiger partial charge in [-0.15, -0.1) is 5.10 Å². The van der Waals surface area contributed by atoms with Crippen molar-refractivity contribution < 1.29 is 9.59 Å². The Bertz CT molecular complexity index is 580. The normalized spacial score (nSPS) is 16.5. The third-order valence-corrected chi connectivity index (χ3v) is 4.18. The summed E-state index contributed by atoms with van der Waals surface area (Å²) in [4.78, 5) is 26.3. The van der Waals surface area contributed by atoms with Gasteiger partial charge in [-0.2, -0.15) is 0 Å². The fourth-order valence-corrected chi connectivity index (χ4v) is 2.75. The SMILES string of the molecule is CC(C)CNC(=O)c1cn(C2CCN(C(=O)C(C)(C)C)CC2)nn1. The third kappa shape index (κ3) is 4.55. The van der Waals surface area contributed by atoms with Gasteiger partial charge in [0, 0.05) is 25.0 Å². The summed E-state index contributed by atoms with van der Waals surface area (Å²) < 4.78 is 1.77. The van der Waals surface area contributed by atoms with Crippen LogP contribution in [0.5, 0.6) is 0 Å². The van der Waals surface area contributed by atoms with E-state index in [1.807, 2.05) is 39.5 Å². The second-order valence-electron chi connectivity index (χ2n) is 7.96. The Morgan fingerprint density at radius 1 is 1.29 bits per heavy atom. The van der Waals surface area contributed by atoms with Crippen LogP contribution in [0.15, 0.2) is 6.20 Å². The van der Waals surface area contributed by atoms with Crippen LogP contribution in [0.3, 0.4) is 0 Å². The molecule has 1 aliphatic heterocycles. The maximum atomic E-state index is 12.3. The van der Waals surface area contributed by atoms with Crippen molar-refractivity contribution in [2.24, 2.45) is 11.3 Å². The first-order valence-electron chi connectivity index (χ1n) is 8.68. The molecule has 0 aliphatic carbocycles. The highest BCUT2D eigenvalue weighted by molar-refractivity contribution is 5.91. The van der Waals surface area contributed by atoms with Crippen molar-refractivity contribution in [3.05, 3.63) is 11.9 Å². The van der Waals surface area contributed by atoms with Gasteiger partial charge >= 0.3 is 0 Å². The first-order valence-corrected chi connectivity index (χ1v) is 8.68. The molecule has 134 valence electrons. The van der Waals surface area contributed by atoms with Crippen LogP contribution in [0, 0.1) is 11.3 Å². The standard InChI is InChI=1S/C17H29N5O2/c1-12(2)10-18-15(23)14-11-22(20-19-14)13-6-8-21(9-7-13)16(24)17(3,4)5/h11-13H,6-10H2,1-5H3,(H,18,23).